The van der Waals surface area contributed by atoms with Crippen molar-refractivity contribution < 1.29 is 17.9 Å². The molecule has 118 valence electrons. The number of hydrogen-bond acceptors (Lipinski definition) is 5. The summed E-state index contributed by atoms with van der Waals surface area (Å²) in [5.41, 5.74) is 2.13. The minimum absolute atomic E-state index is 0.0487. The van der Waals surface area contributed by atoms with Crippen LogP contribution in [-0.4, -0.2) is 20.6 Å². The van der Waals surface area contributed by atoms with Crippen molar-refractivity contribution >= 4 is 15.8 Å². The molecule has 0 spiro atoms. The number of aryl methyl sites for hydroxylation is 1. The van der Waals surface area contributed by atoms with Crippen LogP contribution in [0.15, 0.2) is 47.4 Å². The summed E-state index contributed by atoms with van der Waals surface area (Å²) in [6, 6.07) is 13.0. The molecule has 0 N–H and O–H groups in total. The van der Waals surface area contributed by atoms with Crippen LogP contribution in [0.2, 0.25) is 0 Å². The lowest BCUT2D eigenvalue weighted by atomic mass is 10.1. The first-order chi connectivity index (χ1) is 10.8. The first-order valence-corrected chi connectivity index (χ1v) is 8.67. The molecule has 2 aromatic carbocycles. The van der Waals surface area contributed by atoms with Gasteiger partial charge in [-0.25, -0.2) is 13.2 Å². The number of esters is 1. The standard InChI is InChI=1S/C17H15NO4S/c1-12-3-8-15(23(2,20)21)9-16(12)17(19)22-11-14-6-4-13(10-18)5-7-14/h3-9H,11H2,1-2H3. The van der Waals surface area contributed by atoms with Crippen molar-refractivity contribution in [1.29, 1.82) is 5.26 Å². The molecule has 0 unspecified atom stereocenters. The van der Waals surface area contributed by atoms with Crippen molar-refractivity contribution in [1.82, 2.24) is 0 Å². The zero-order chi connectivity index (χ0) is 17.0. The Morgan fingerprint density at radius 3 is 2.39 bits per heavy atom. The fourth-order valence-corrected chi connectivity index (χ4v) is 2.60. The average Bonchev–Trinajstić information content (AvgIpc) is 2.52. The van der Waals surface area contributed by atoms with Gasteiger partial charge in [0.25, 0.3) is 0 Å². The van der Waals surface area contributed by atoms with Crippen LogP contribution in [0.5, 0.6) is 0 Å². The predicted octanol–water partition coefficient (Wildman–Crippen LogP) is 2.63. The fraction of sp³-hybridized carbons (Fsp3) is 0.176. The van der Waals surface area contributed by atoms with Gasteiger partial charge in [-0.15, -0.1) is 0 Å². The van der Waals surface area contributed by atoms with Crippen molar-refractivity contribution in [3.8, 4) is 6.07 Å². The van der Waals surface area contributed by atoms with E-state index in [2.05, 4.69) is 0 Å². The van der Waals surface area contributed by atoms with Gasteiger partial charge in [0.1, 0.15) is 6.61 Å². The van der Waals surface area contributed by atoms with Crippen LogP contribution in [-0.2, 0) is 21.2 Å². The second kappa shape index (κ2) is 6.63. The molecule has 2 rings (SSSR count). The molecule has 5 nitrogen and oxygen atoms in total. The third kappa shape index (κ3) is 4.18. The lowest BCUT2D eigenvalue weighted by Gasteiger charge is -2.09. The van der Waals surface area contributed by atoms with Gasteiger partial charge >= 0.3 is 5.97 Å². The van der Waals surface area contributed by atoms with Gasteiger partial charge in [-0.1, -0.05) is 18.2 Å². The van der Waals surface area contributed by atoms with Crippen LogP contribution in [0.1, 0.15) is 27.0 Å². The van der Waals surface area contributed by atoms with Gasteiger partial charge in [-0.3, -0.25) is 0 Å². The number of hydrogen-bond donors (Lipinski definition) is 0. The number of rotatable bonds is 4. The van der Waals surface area contributed by atoms with Crippen LogP contribution in [0, 0.1) is 18.3 Å². The van der Waals surface area contributed by atoms with Crippen molar-refractivity contribution in [2.24, 2.45) is 0 Å². The third-order valence-corrected chi connectivity index (χ3v) is 4.42. The molecule has 0 aliphatic rings. The lowest BCUT2D eigenvalue weighted by molar-refractivity contribution is 0.0471. The molecular weight excluding hydrogens is 314 g/mol. The Morgan fingerprint density at radius 2 is 1.83 bits per heavy atom. The first kappa shape index (κ1) is 16.7. The molecule has 0 heterocycles. The quantitative estimate of drug-likeness (QED) is 0.805. The van der Waals surface area contributed by atoms with Crippen LogP contribution in [0.4, 0.5) is 0 Å². The van der Waals surface area contributed by atoms with Crippen molar-refractivity contribution in [2.45, 2.75) is 18.4 Å². The number of carbonyl (C=O) groups is 1. The maximum atomic E-state index is 12.2. The topological polar surface area (TPSA) is 84.2 Å². The summed E-state index contributed by atoms with van der Waals surface area (Å²) >= 11 is 0. The van der Waals surface area contributed by atoms with Crippen LogP contribution in [0.3, 0.4) is 0 Å². The summed E-state index contributed by atoms with van der Waals surface area (Å²) in [5.74, 6) is -0.586. The molecule has 0 aliphatic heterocycles. The average molecular weight is 329 g/mol. The van der Waals surface area contributed by atoms with Crippen LogP contribution in [0.25, 0.3) is 0 Å². The van der Waals surface area contributed by atoms with E-state index in [1.54, 1.807) is 37.3 Å². The van der Waals surface area contributed by atoms with Gasteiger partial charge in [0, 0.05) is 6.26 Å². The Hall–Kier alpha value is -2.65. The second-order valence-corrected chi connectivity index (χ2v) is 7.15. The van der Waals surface area contributed by atoms with Crippen molar-refractivity contribution in [3.05, 3.63) is 64.7 Å². The van der Waals surface area contributed by atoms with Gasteiger partial charge in [0.15, 0.2) is 9.84 Å². The second-order valence-electron chi connectivity index (χ2n) is 5.13. The van der Waals surface area contributed by atoms with Crippen LogP contribution >= 0.6 is 0 Å². The van der Waals surface area contributed by atoms with Crippen LogP contribution < -0.4 is 0 Å². The van der Waals surface area contributed by atoms with Crippen molar-refractivity contribution in [3.63, 3.8) is 0 Å². The number of ether oxygens (including phenoxy) is 1. The lowest BCUT2D eigenvalue weighted by Crippen LogP contribution is -2.09. The molecule has 0 saturated heterocycles. The molecule has 6 heteroatoms. The highest BCUT2D eigenvalue weighted by Gasteiger charge is 2.15. The molecule has 0 atom stereocenters. The van der Waals surface area contributed by atoms with E-state index in [1.165, 1.54) is 12.1 Å². The Balaban J connectivity index is 2.15. The SMILES string of the molecule is Cc1ccc(S(C)(=O)=O)cc1C(=O)OCc1ccc(C#N)cc1. The molecule has 2 aromatic rings. The minimum Gasteiger partial charge on any atom is -0.457 e. The largest absolute Gasteiger partial charge is 0.457 e. The molecule has 23 heavy (non-hydrogen) atoms. The number of nitrogens with zero attached hydrogens (tertiary/aromatic N) is 1. The molecule has 0 aliphatic carbocycles. The summed E-state index contributed by atoms with van der Waals surface area (Å²) in [6.07, 6.45) is 1.09. The fourth-order valence-electron chi connectivity index (χ4n) is 1.95. The van der Waals surface area contributed by atoms with E-state index >= 15 is 0 Å². The Bertz CT molecular complexity index is 878. The maximum absolute atomic E-state index is 12.2. The van der Waals surface area contributed by atoms with Gasteiger partial charge in [-0.2, -0.15) is 5.26 Å². The zero-order valence-electron chi connectivity index (χ0n) is 12.7. The molecule has 0 aromatic heterocycles. The van der Waals surface area contributed by atoms with E-state index in [0.717, 1.165) is 11.8 Å². The minimum atomic E-state index is -3.39. The molecule has 0 radical (unpaired) electrons. The highest BCUT2D eigenvalue weighted by atomic mass is 32.2. The monoisotopic (exact) mass is 329 g/mol. The molecule has 0 amide bonds. The van der Waals surface area contributed by atoms with Gasteiger partial charge in [0.2, 0.25) is 0 Å². The number of nitriles is 1. The third-order valence-electron chi connectivity index (χ3n) is 3.31. The maximum Gasteiger partial charge on any atom is 0.338 e. The Kier molecular flexibility index (Phi) is 4.82. The van der Waals surface area contributed by atoms with Crippen molar-refractivity contribution in [2.75, 3.05) is 6.26 Å². The normalized spacial score (nSPS) is 10.8. The summed E-state index contributed by atoms with van der Waals surface area (Å²) < 4.78 is 28.4. The smallest absolute Gasteiger partial charge is 0.338 e. The number of carbonyl (C=O) groups excluding carboxylic acids is 1. The molecule has 0 fully saturated rings. The molecule has 0 saturated carbocycles. The van der Waals surface area contributed by atoms with E-state index in [1.807, 2.05) is 6.07 Å². The van der Waals surface area contributed by atoms with E-state index in [9.17, 15) is 13.2 Å². The summed E-state index contributed by atoms with van der Waals surface area (Å²) in [7, 11) is -3.39. The van der Waals surface area contributed by atoms with E-state index in [4.69, 9.17) is 10.00 Å². The number of sulfone groups is 1. The van der Waals surface area contributed by atoms with Gasteiger partial charge in [0.05, 0.1) is 22.1 Å². The van der Waals surface area contributed by atoms with E-state index in [0.29, 0.717) is 11.1 Å². The summed E-state index contributed by atoms with van der Waals surface area (Å²) in [5, 5.41) is 8.73. The molecule has 0 bridgehead atoms. The summed E-state index contributed by atoms with van der Waals surface area (Å²) in [6.45, 7) is 1.76. The highest BCUT2D eigenvalue weighted by Crippen LogP contribution is 2.17. The van der Waals surface area contributed by atoms with E-state index < -0.39 is 15.8 Å². The summed E-state index contributed by atoms with van der Waals surface area (Å²) in [4.78, 5) is 12.2. The zero-order valence-corrected chi connectivity index (χ0v) is 13.6. The Labute approximate surface area is 135 Å². The molecular formula is C17H15NO4S. The van der Waals surface area contributed by atoms with Gasteiger partial charge < -0.3 is 4.74 Å². The highest BCUT2D eigenvalue weighted by molar-refractivity contribution is 7.90. The predicted molar refractivity (Wildman–Crippen MR) is 84.6 cm³/mol. The first-order valence-electron chi connectivity index (χ1n) is 6.78. The van der Waals surface area contributed by atoms with Gasteiger partial charge in [-0.05, 0) is 42.3 Å². The van der Waals surface area contributed by atoms with E-state index in [-0.39, 0.29) is 17.1 Å². The number of benzene rings is 2. The Morgan fingerprint density at radius 1 is 1.17 bits per heavy atom.